The average molecular weight is 332 g/mol. The summed E-state index contributed by atoms with van der Waals surface area (Å²) in [5.74, 6) is 0.327. The molecule has 1 aromatic carbocycles. The van der Waals surface area contributed by atoms with E-state index in [1.165, 1.54) is 6.33 Å². The quantitative estimate of drug-likeness (QED) is 0.871. The number of carbonyl (C=O) groups excluding carboxylic acids is 1. The minimum Gasteiger partial charge on any atom is -0.384 e. The van der Waals surface area contributed by atoms with Crippen molar-refractivity contribution in [3.8, 4) is 6.07 Å². The Morgan fingerprint density at radius 2 is 2.08 bits per heavy atom. The summed E-state index contributed by atoms with van der Waals surface area (Å²) in [6.07, 6.45) is 3.30. The van der Waals surface area contributed by atoms with E-state index in [-0.39, 0.29) is 5.78 Å². The van der Waals surface area contributed by atoms with Gasteiger partial charge in [0.05, 0.1) is 17.6 Å². The summed E-state index contributed by atoms with van der Waals surface area (Å²) >= 11 is 0. The SMILES string of the molecule is N#CC1=C(N)N(c2ncn[nH]2)C2=C(C(=O)CCC2)C1c1ccccc1. The van der Waals surface area contributed by atoms with Crippen LogP contribution in [0.2, 0.25) is 0 Å². The topological polar surface area (TPSA) is 112 Å². The van der Waals surface area contributed by atoms with Crippen LogP contribution >= 0.6 is 0 Å². The number of rotatable bonds is 2. The molecule has 0 bridgehead atoms. The minimum absolute atomic E-state index is 0.0554. The van der Waals surface area contributed by atoms with Crippen LogP contribution in [-0.2, 0) is 4.79 Å². The molecule has 124 valence electrons. The van der Waals surface area contributed by atoms with E-state index in [1.807, 2.05) is 30.3 Å². The zero-order valence-electron chi connectivity index (χ0n) is 13.4. The van der Waals surface area contributed by atoms with E-state index in [2.05, 4.69) is 21.3 Å². The van der Waals surface area contributed by atoms with E-state index in [9.17, 15) is 10.1 Å². The number of nitrogens with zero attached hydrogens (tertiary/aromatic N) is 4. The highest BCUT2D eigenvalue weighted by atomic mass is 16.1. The number of Topliss-reactive ketones (excluding diaryl/α,β-unsaturated/α-hetero) is 1. The molecule has 7 nitrogen and oxygen atoms in total. The molecule has 1 atom stereocenters. The van der Waals surface area contributed by atoms with E-state index in [0.29, 0.717) is 35.8 Å². The van der Waals surface area contributed by atoms with Gasteiger partial charge in [0.1, 0.15) is 12.1 Å². The van der Waals surface area contributed by atoms with Crippen molar-refractivity contribution in [2.75, 3.05) is 4.90 Å². The zero-order valence-corrected chi connectivity index (χ0v) is 13.4. The van der Waals surface area contributed by atoms with Gasteiger partial charge in [0.25, 0.3) is 0 Å². The molecule has 0 spiro atoms. The number of benzene rings is 1. The van der Waals surface area contributed by atoms with Crippen LogP contribution in [-0.4, -0.2) is 21.0 Å². The molecule has 2 aromatic rings. The molecule has 2 aliphatic rings. The largest absolute Gasteiger partial charge is 0.384 e. The molecule has 1 aliphatic heterocycles. The molecule has 1 aliphatic carbocycles. The lowest BCUT2D eigenvalue weighted by Gasteiger charge is -2.38. The van der Waals surface area contributed by atoms with Crippen LogP contribution in [0.5, 0.6) is 0 Å². The van der Waals surface area contributed by atoms with Gasteiger partial charge in [-0.3, -0.25) is 9.69 Å². The van der Waals surface area contributed by atoms with Crippen molar-refractivity contribution in [3.63, 3.8) is 0 Å². The van der Waals surface area contributed by atoms with Crippen LogP contribution in [0.4, 0.5) is 5.95 Å². The first kappa shape index (κ1) is 15.1. The third kappa shape index (κ3) is 2.31. The Kier molecular flexibility index (Phi) is 3.58. The fourth-order valence-corrected chi connectivity index (χ4v) is 3.61. The number of allylic oxidation sites excluding steroid dienone is 3. The Morgan fingerprint density at radius 1 is 1.28 bits per heavy atom. The first-order valence-electron chi connectivity index (χ1n) is 8.08. The minimum atomic E-state index is -0.437. The highest BCUT2D eigenvalue weighted by Gasteiger charge is 2.40. The van der Waals surface area contributed by atoms with E-state index < -0.39 is 5.92 Å². The number of ketones is 1. The number of H-pyrrole nitrogens is 1. The molecule has 7 heteroatoms. The number of anilines is 1. The van der Waals surface area contributed by atoms with Gasteiger partial charge in [0.15, 0.2) is 5.78 Å². The predicted octanol–water partition coefficient (Wildman–Crippen LogP) is 2.11. The van der Waals surface area contributed by atoms with Gasteiger partial charge in [-0.15, -0.1) is 0 Å². The summed E-state index contributed by atoms with van der Waals surface area (Å²) in [4.78, 5) is 18.6. The Bertz CT molecular complexity index is 920. The molecular formula is C18H16N6O. The van der Waals surface area contributed by atoms with E-state index in [0.717, 1.165) is 17.7 Å². The van der Waals surface area contributed by atoms with Gasteiger partial charge in [-0.2, -0.15) is 15.3 Å². The number of nitrogens with one attached hydrogen (secondary N) is 1. The molecule has 1 aromatic heterocycles. The molecule has 0 saturated carbocycles. The Morgan fingerprint density at radius 3 is 2.76 bits per heavy atom. The number of aromatic nitrogens is 3. The molecule has 0 fully saturated rings. The van der Waals surface area contributed by atoms with Crippen molar-refractivity contribution < 1.29 is 4.79 Å². The molecular weight excluding hydrogens is 316 g/mol. The average Bonchev–Trinajstić information content (AvgIpc) is 3.16. The van der Waals surface area contributed by atoms with Crippen molar-refractivity contribution in [1.29, 1.82) is 5.26 Å². The Labute approximate surface area is 144 Å². The normalized spacial score (nSPS) is 20.5. The highest BCUT2D eigenvalue weighted by molar-refractivity contribution is 6.01. The maximum absolute atomic E-state index is 12.8. The molecule has 25 heavy (non-hydrogen) atoms. The summed E-state index contributed by atoms with van der Waals surface area (Å²) in [5.41, 5.74) is 9.05. The fraction of sp³-hybridized carbons (Fsp3) is 0.222. The van der Waals surface area contributed by atoms with Gasteiger partial charge in [-0.05, 0) is 18.4 Å². The van der Waals surface area contributed by atoms with Crippen molar-refractivity contribution in [2.24, 2.45) is 5.73 Å². The first-order chi connectivity index (χ1) is 12.2. The molecule has 3 N–H and O–H groups in total. The van der Waals surface area contributed by atoms with Gasteiger partial charge < -0.3 is 5.73 Å². The van der Waals surface area contributed by atoms with Gasteiger partial charge in [0, 0.05) is 17.7 Å². The lowest BCUT2D eigenvalue weighted by atomic mass is 9.76. The number of hydrogen-bond donors (Lipinski definition) is 2. The zero-order chi connectivity index (χ0) is 17.4. The molecule has 1 unspecified atom stereocenters. The molecule has 0 amide bonds. The van der Waals surface area contributed by atoms with Gasteiger partial charge in [-0.1, -0.05) is 30.3 Å². The lowest BCUT2D eigenvalue weighted by molar-refractivity contribution is -0.116. The summed E-state index contributed by atoms with van der Waals surface area (Å²) < 4.78 is 0. The van der Waals surface area contributed by atoms with Crippen LogP contribution in [0, 0.1) is 11.3 Å². The number of aromatic amines is 1. The monoisotopic (exact) mass is 332 g/mol. The molecule has 2 heterocycles. The van der Waals surface area contributed by atoms with E-state index in [1.54, 1.807) is 4.90 Å². The van der Waals surface area contributed by atoms with Crippen LogP contribution in [0.25, 0.3) is 0 Å². The van der Waals surface area contributed by atoms with Crippen LogP contribution in [0.3, 0.4) is 0 Å². The second kappa shape index (κ2) is 5.91. The Hall–Kier alpha value is -3.40. The number of nitriles is 1. The van der Waals surface area contributed by atoms with Crippen LogP contribution in [0.15, 0.2) is 59.3 Å². The second-order valence-corrected chi connectivity index (χ2v) is 6.04. The van der Waals surface area contributed by atoms with E-state index in [4.69, 9.17) is 5.73 Å². The van der Waals surface area contributed by atoms with Crippen molar-refractivity contribution >= 4 is 11.7 Å². The summed E-state index contributed by atoms with van der Waals surface area (Å²) in [5, 5.41) is 16.4. The maximum atomic E-state index is 12.8. The first-order valence-corrected chi connectivity index (χ1v) is 8.08. The second-order valence-electron chi connectivity index (χ2n) is 6.04. The van der Waals surface area contributed by atoms with Gasteiger partial charge >= 0.3 is 0 Å². The van der Waals surface area contributed by atoms with Crippen molar-refractivity contribution in [3.05, 3.63) is 64.9 Å². The van der Waals surface area contributed by atoms with Crippen LogP contribution < -0.4 is 10.6 Å². The number of hydrogen-bond acceptors (Lipinski definition) is 6. The molecule has 0 radical (unpaired) electrons. The molecule has 0 saturated heterocycles. The summed E-state index contributed by atoms with van der Waals surface area (Å²) in [6.45, 7) is 0. The van der Waals surface area contributed by atoms with Gasteiger partial charge in [-0.25, -0.2) is 5.10 Å². The van der Waals surface area contributed by atoms with E-state index >= 15 is 0 Å². The third-order valence-electron chi connectivity index (χ3n) is 4.66. The Balaban J connectivity index is 1.98. The number of carbonyl (C=O) groups is 1. The summed E-state index contributed by atoms with van der Waals surface area (Å²) in [7, 11) is 0. The number of nitrogens with two attached hydrogens (primary N) is 1. The maximum Gasteiger partial charge on any atom is 0.231 e. The smallest absolute Gasteiger partial charge is 0.231 e. The van der Waals surface area contributed by atoms with Crippen molar-refractivity contribution in [2.45, 2.75) is 25.2 Å². The van der Waals surface area contributed by atoms with Crippen molar-refractivity contribution in [1.82, 2.24) is 15.2 Å². The lowest BCUT2D eigenvalue weighted by Crippen LogP contribution is -2.39. The fourth-order valence-electron chi connectivity index (χ4n) is 3.61. The molecule has 4 rings (SSSR count). The standard InChI is InChI=1S/C18H16N6O/c19-9-12-15(11-5-2-1-3-6-11)16-13(7-4-8-14(16)25)24(17(12)20)18-21-10-22-23-18/h1-3,5-6,10,15H,4,7-8,20H2,(H,21,22,23). The summed E-state index contributed by atoms with van der Waals surface area (Å²) in [6, 6.07) is 11.8. The predicted molar refractivity (Wildman–Crippen MR) is 90.8 cm³/mol. The highest BCUT2D eigenvalue weighted by Crippen LogP contribution is 2.45. The van der Waals surface area contributed by atoms with Crippen LogP contribution in [0.1, 0.15) is 30.7 Å². The van der Waals surface area contributed by atoms with Gasteiger partial charge in [0.2, 0.25) is 5.95 Å². The third-order valence-corrected chi connectivity index (χ3v) is 4.66.